The van der Waals surface area contributed by atoms with Crippen molar-refractivity contribution in [2.45, 2.75) is 26.4 Å². The molecule has 0 saturated heterocycles. The van der Waals surface area contributed by atoms with Crippen LogP contribution in [-0.4, -0.2) is 34.4 Å². The van der Waals surface area contributed by atoms with Crippen molar-refractivity contribution in [3.63, 3.8) is 0 Å². The lowest BCUT2D eigenvalue weighted by Crippen LogP contribution is -2.39. The molecule has 0 bridgehead atoms. The van der Waals surface area contributed by atoms with Crippen molar-refractivity contribution in [2.24, 2.45) is 0 Å². The summed E-state index contributed by atoms with van der Waals surface area (Å²) < 4.78 is 1.77. The molecule has 0 unspecified atom stereocenters. The molecule has 1 heterocycles. The maximum absolute atomic E-state index is 11.8. The summed E-state index contributed by atoms with van der Waals surface area (Å²) in [5, 5.41) is 9.08. The van der Waals surface area contributed by atoms with Crippen molar-refractivity contribution < 1.29 is 14.4 Å². The number of aromatic nitrogens is 2. The molecule has 2 rings (SSSR count). The number of hydrogen-bond acceptors (Lipinski definition) is 4. The summed E-state index contributed by atoms with van der Waals surface area (Å²) in [5.41, 5.74) is 1.86. The van der Waals surface area contributed by atoms with Gasteiger partial charge in [0.05, 0.1) is 12.7 Å². The fourth-order valence-electron chi connectivity index (χ4n) is 2.23. The second-order valence-electron chi connectivity index (χ2n) is 5.74. The van der Waals surface area contributed by atoms with E-state index in [-0.39, 0.29) is 19.1 Å². The SMILES string of the molecule is CC(C)n1nccc1C#CCNC(=O)C(=O)NCc1ccccc1C=O. The zero-order valence-corrected chi connectivity index (χ0v) is 14.7. The van der Waals surface area contributed by atoms with Crippen LogP contribution in [0.15, 0.2) is 36.5 Å². The Hall–Kier alpha value is -3.40. The maximum atomic E-state index is 11.8. The van der Waals surface area contributed by atoms with Crippen molar-refractivity contribution in [3.8, 4) is 11.8 Å². The molecule has 0 saturated carbocycles. The molecular weight excluding hydrogens is 332 g/mol. The summed E-state index contributed by atoms with van der Waals surface area (Å²) in [4.78, 5) is 34.5. The highest BCUT2D eigenvalue weighted by atomic mass is 16.2. The Morgan fingerprint density at radius 2 is 1.92 bits per heavy atom. The predicted octanol–water partition coefficient (Wildman–Crippen LogP) is 1.06. The van der Waals surface area contributed by atoms with Crippen molar-refractivity contribution in [2.75, 3.05) is 6.54 Å². The molecule has 0 fully saturated rings. The molecule has 0 aliphatic rings. The van der Waals surface area contributed by atoms with Crippen LogP contribution >= 0.6 is 0 Å². The molecule has 134 valence electrons. The second-order valence-corrected chi connectivity index (χ2v) is 5.74. The number of benzene rings is 1. The minimum absolute atomic E-state index is 0.0421. The molecule has 1 aromatic heterocycles. The van der Waals surface area contributed by atoms with E-state index in [4.69, 9.17) is 0 Å². The van der Waals surface area contributed by atoms with E-state index in [0.29, 0.717) is 17.4 Å². The molecule has 0 atom stereocenters. The first-order valence-electron chi connectivity index (χ1n) is 8.14. The van der Waals surface area contributed by atoms with E-state index in [2.05, 4.69) is 27.6 Å². The minimum atomic E-state index is -0.778. The molecule has 7 nitrogen and oxygen atoms in total. The standard InChI is InChI=1S/C19H20N4O3/c1-14(2)23-17(9-11-22-23)8-5-10-20-18(25)19(26)21-12-15-6-3-4-7-16(15)13-24/h3-4,6-7,9,11,13-14H,10,12H2,1-2H3,(H,20,25)(H,21,26). The number of amides is 2. The number of rotatable bonds is 5. The molecular formula is C19H20N4O3. The minimum Gasteiger partial charge on any atom is -0.344 e. The highest BCUT2D eigenvalue weighted by molar-refractivity contribution is 6.35. The van der Waals surface area contributed by atoms with E-state index in [9.17, 15) is 14.4 Å². The Labute approximate surface area is 151 Å². The van der Waals surface area contributed by atoms with Crippen LogP contribution in [0.2, 0.25) is 0 Å². The van der Waals surface area contributed by atoms with Crippen LogP contribution in [0, 0.1) is 11.8 Å². The molecule has 0 radical (unpaired) electrons. The Morgan fingerprint density at radius 3 is 2.65 bits per heavy atom. The fraction of sp³-hybridized carbons (Fsp3) is 0.263. The van der Waals surface area contributed by atoms with E-state index >= 15 is 0 Å². The van der Waals surface area contributed by atoms with Gasteiger partial charge in [-0.2, -0.15) is 5.10 Å². The summed E-state index contributed by atoms with van der Waals surface area (Å²) in [5.74, 6) is 4.14. The summed E-state index contributed by atoms with van der Waals surface area (Å²) in [7, 11) is 0. The third-order valence-corrected chi connectivity index (χ3v) is 3.54. The van der Waals surface area contributed by atoms with Crippen LogP contribution in [0.25, 0.3) is 0 Å². The van der Waals surface area contributed by atoms with Crippen molar-refractivity contribution in [3.05, 3.63) is 53.3 Å². The molecule has 2 aromatic rings. The van der Waals surface area contributed by atoms with Gasteiger partial charge in [-0.3, -0.25) is 19.1 Å². The van der Waals surface area contributed by atoms with E-state index in [1.54, 1.807) is 41.2 Å². The van der Waals surface area contributed by atoms with Gasteiger partial charge in [-0.1, -0.05) is 30.2 Å². The number of nitrogens with zero attached hydrogens (tertiary/aromatic N) is 2. The predicted molar refractivity (Wildman–Crippen MR) is 96.2 cm³/mol. The van der Waals surface area contributed by atoms with E-state index < -0.39 is 11.8 Å². The van der Waals surface area contributed by atoms with Gasteiger partial charge in [0.2, 0.25) is 0 Å². The van der Waals surface area contributed by atoms with Gasteiger partial charge in [0, 0.05) is 18.2 Å². The molecule has 1 aromatic carbocycles. The molecule has 0 aliphatic heterocycles. The van der Waals surface area contributed by atoms with Gasteiger partial charge in [-0.15, -0.1) is 0 Å². The van der Waals surface area contributed by atoms with Crippen LogP contribution in [-0.2, 0) is 16.1 Å². The van der Waals surface area contributed by atoms with Crippen LogP contribution in [0.3, 0.4) is 0 Å². The normalized spacial score (nSPS) is 9.96. The van der Waals surface area contributed by atoms with Gasteiger partial charge < -0.3 is 10.6 Å². The largest absolute Gasteiger partial charge is 0.344 e. The van der Waals surface area contributed by atoms with Crippen molar-refractivity contribution >= 4 is 18.1 Å². The Bertz CT molecular complexity index is 859. The molecule has 2 amide bonds. The number of carbonyl (C=O) groups is 3. The first kappa shape index (κ1) is 18.9. The Kier molecular flexibility index (Phi) is 6.68. The number of aldehydes is 1. The smallest absolute Gasteiger partial charge is 0.310 e. The zero-order valence-electron chi connectivity index (χ0n) is 14.7. The summed E-state index contributed by atoms with van der Waals surface area (Å²) in [6.45, 7) is 4.13. The van der Waals surface area contributed by atoms with E-state index in [1.807, 2.05) is 13.8 Å². The summed E-state index contributed by atoms with van der Waals surface area (Å²) >= 11 is 0. The van der Waals surface area contributed by atoms with Gasteiger partial charge in [0.1, 0.15) is 12.0 Å². The zero-order chi connectivity index (χ0) is 18.9. The molecule has 2 N–H and O–H groups in total. The average Bonchev–Trinajstić information content (AvgIpc) is 3.12. The topological polar surface area (TPSA) is 93.1 Å². The third-order valence-electron chi connectivity index (χ3n) is 3.54. The summed E-state index contributed by atoms with van der Waals surface area (Å²) in [6, 6.07) is 8.81. The molecule has 0 aliphatic carbocycles. The molecule has 7 heteroatoms. The van der Waals surface area contributed by atoms with Crippen molar-refractivity contribution in [1.82, 2.24) is 20.4 Å². The Balaban J connectivity index is 1.83. The van der Waals surface area contributed by atoms with Crippen molar-refractivity contribution in [1.29, 1.82) is 0 Å². The lowest BCUT2D eigenvalue weighted by molar-refractivity contribution is -0.139. The second kappa shape index (κ2) is 9.18. The molecule has 0 spiro atoms. The van der Waals surface area contributed by atoms with Gasteiger partial charge in [-0.25, -0.2) is 0 Å². The van der Waals surface area contributed by atoms with E-state index in [0.717, 1.165) is 5.69 Å². The maximum Gasteiger partial charge on any atom is 0.310 e. The van der Waals surface area contributed by atoms with E-state index in [1.165, 1.54) is 0 Å². The van der Waals surface area contributed by atoms with Crippen LogP contribution in [0.1, 0.15) is 41.5 Å². The van der Waals surface area contributed by atoms with Gasteiger partial charge in [0.15, 0.2) is 0 Å². The highest BCUT2D eigenvalue weighted by Gasteiger charge is 2.12. The Morgan fingerprint density at radius 1 is 1.19 bits per heavy atom. The number of hydrogen-bond donors (Lipinski definition) is 2. The van der Waals surface area contributed by atoms with Gasteiger partial charge >= 0.3 is 11.8 Å². The fourth-order valence-corrected chi connectivity index (χ4v) is 2.23. The first-order valence-corrected chi connectivity index (χ1v) is 8.14. The summed E-state index contributed by atoms with van der Waals surface area (Å²) in [6.07, 6.45) is 2.37. The number of carbonyl (C=O) groups excluding carboxylic acids is 3. The quantitative estimate of drug-likeness (QED) is 0.478. The third kappa shape index (κ3) is 5.05. The highest BCUT2D eigenvalue weighted by Crippen LogP contribution is 2.06. The van der Waals surface area contributed by atoms with Gasteiger partial charge in [-0.05, 0) is 31.4 Å². The van der Waals surface area contributed by atoms with Crippen LogP contribution < -0.4 is 10.6 Å². The lowest BCUT2D eigenvalue weighted by atomic mass is 10.1. The number of nitrogens with one attached hydrogen (secondary N) is 2. The lowest BCUT2D eigenvalue weighted by Gasteiger charge is -2.07. The van der Waals surface area contributed by atoms with Crippen LogP contribution in [0.5, 0.6) is 0 Å². The van der Waals surface area contributed by atoms with Crippen LogP contribution in [0.4, 0.5) is 0 Å². The first-order chi connectivity index (χ1) is 12.5. The molecule has 26 heavy (non-hydrogen) atoms. The average molecular weight is 352 g/mol. The van der Waals surface area contributed by atoms with Gasteiger partial charge in [0.25, 0.3) is 0 Å². The monoisotopic (exact) mass is 352 g/mol.